The first kappa shape index (κ1) is 45.8. The second-order valence-corrected chi connectivity index (χ2v) is 14.4. The molecule has 22 heteroatoms. The first-order valence-corrected chi connectivity index (χ1v) is 18.1. The zero-order chi connectivity index (χ0) is 46.4. The van der Waals surface area contributed by atoms with Gasteiger partial charge in [0.25, 0.3) is 11.8 Å². The van der Waals surface area contributed by atoms with Crippen molar-refractivity contribution >= 4 is 11.8 Å². The third-order valence-electron chi connectivity index (χ3n) is 9.71. The number of pyridine rings is 2. The number of oxazole rings is 2. The summed E-state index contributed by atoms with van der Waals surface area (Å²) in [4.78, 5) is 34.4. The van der Waals surface area contributed by atoms with Crippen LogP contribution in [0.2, 0.25) is 0 Å². The summed E-state index contributed by atoms with van der Waals surface area (Å²) in [5, 5.41) is 0. The van der Waals surface area contributed by atoms with Crippen molar-refractivity contribution in [1.82, 2.24) is 19.8 Å². The fraction of sp³-hybridized carbons (Fsp3) is 0.268. The number of hydrogen-bond acceptors (Lipinski definition) is 6. The first-order chi connectivity index (χ1) is 29.2. The van der Waals surface area contributed by atoms with E-state index in [9.17, 15) is 35.9 Å². The minimum Gasteiger partial charge on any atom is -0.431 e. The highest BCUT2D eigenvalue weighted by Crippen LogP contribution is 2.56. The molecule has 0 fully saturated rings. The normalized spacial score (nSPS) is 12.7. The molecule has 0 unspecified atom stereocenters. The Morgan fingerprint density at radius 3 is 1.05 bits per heavy atom. The van der Waals surface area contributed by atoms with Crippen molar-refractivity contribution < 1.29 is 80.2 Å². The van der Waals surface area contributed by atoms with E-state index in [-0.39, 0.29) is 36.0 Å². The zero-order valence-electron chi connectivity index (χ0n) is 33.0. The average molecular weight is 901 g/mol. The number of alkyl halides is 12. The summed E-state index contributed by atoms with van der Waals surface area (Å²) < 4.78 is 188. The molecule has 0 aliphatic carbocycles. The number of hydrogen-bond donors (Lipinski definition) is 0. The van der Waals surface area contributed by atoms with Gasteiger partial charge in [-0.3, -0.25) is 9.59 Å². The van der Waals surface area contributed by atoms with E-state index in [1.54, 1.807) is 0 Å². The van der Waals surface area contributed by atoms with Crippen molar-refractivity contribution in [2.45, 2.75) is 43.2 Å². The number of aromatic nitrogens is 4. The molecule has 6 rings (SSSR count). The van der Waals surface area contributed by atoms with Gasteiger partial charge in [0.1, 0.15) is 11.4 Å². The highest BCUT2D eigenvalue weighted by atomic mass is 19.4. The Morgan fingerprint density at radius 1 is 0.492 bits per heavy atom. The van der Waals surface area contributed by atoms with E-state index in [0.717, 1.165) is 0 Å². The molecular weight excluding hydrogens is 868 g/mol. The number of nitrogens with zero attached hydrogens (tertiary/aromatic N) is 6. The zero-order valence-corrected chi connectivity index (χ0v) is 33.0. The van der Waals surface area contributed by atoms with Crippen LogP contribution in [0.15, 0.2) is 106 Å². The fourth-order valence-electron chi connectivity index (χ4n) is 6.41. The number of likely N-dealkylation sites (N-methyl/N-ethyl adjacent to an activating group) is 2. The van der Waals surface area contributed by atoms with Gasteiger partial charge < -0.3 is 18.6 Å². The fourth-order valence-corrected chi connectivity index (χ4v) is 6.41. The van der Waals surface area contributed by atoms with Crippen LogP contribution in [-0.4, -0.2) is 72.1 Å². The smallest absolute Gasteiger partial charge is 0.431 e. The minimum absolute atomic E-state index is 0.141. The number of amides is 2. The Kier molecular flexibility index (Phi) is 12.0. The van der Waals surface area contributed by atoms with Crippen LogP contribution in [-0.2, 0) is 40.4 Å². The van der Waals surface area contributed by atoms with Crippen molar-refractivity contribution in [3.05, 3.63) is 120 Å². The summed E-state index contributed by atoms with van der Waals surface area (Å²) in [7, 11) is 5.99. The first-order valence-electron chi connectivity index (χ1n) is 18.1. The predicted octanol–water partition coefficient (Wildman–Crippen LogP) is 8.53. The Bertz CT molecular complexity index is 2410. The van der Waals surface area contributed by atoms with Crippen LogP contribution in [0.4, 0.5) is 52.7 Å². The molecular formula is C41H32F12N6O4+2. The van der Waals surface area contributed by atoms with Crippen LogP contribution in [0.3, 0.4) is 0 Å². The Morgan fingerprint density at radius 2 is 0.794 bits per heavy atom. The molecule has 0 aliphatic rings. The van der Waals surface area contributed by atoms with Gasteiger partial charge in [-0.2, -0.15) is 61.8 Å². The second kappa shape index (κ2) is 16.5. The maximum absolute atomic E-state index is 15.0. The van der Waals surface area contributed by atoms with Crippen LogP contribution in [0.25, 0.3) is 45.4 Å². The number of carbonyl (C=O) groups is 2. The third kappa shape index (κ3) is 9.10. The van der Waals surface area contributed by atoms with E-state index >= 15 is 26.3 Å². The number of halogens is 12. The molecule has 0 aliphatic heterocycles. The van der Waals surface area contributed by atoms with E-state index in [0.29, 0.717) is 48.5 Å². The van der Waals surface area contributed by atoms with Gasteiger partial charge in [0, 0.05) is 74.7 Å². The summed E-state index contributed by atoms with van der Waals surface area (Å²) in [6, 6.07) is 9.01. The third-order valence-corrected chi connectivity index (χ3v) is 9.71. The maximum Gasteiger partial charge on any atom is 0.451 e. The van der Waals surface area contributed by atoms with Crippen LogP contribution >= 0.6 is 0 Å². The Hall–Kier alpha value is -6.74. The summed E-state index contributed by atoms with van der Waals surface area (Å²) >= 11 is 0. The SMILES string of the molecule is CN(C)C(=O)C[n+]1ccc(-c2nc(-c3ccc(C(c4ccc(-c5nc(-c6cc[n+](CC(=O)N(C)C)cc6)c(C(F)(F)F)o5)cc4)(C(F)(F)F)C(F)(F)F)cc3)oc2C(F)(F)F)cc1. The lowest BCUT2D eigenvalue weighted by Crippen LogP contribution is -2.54. The number of benzene rings is 2. The van der Waals surface area contributed by atoms with E-state index in [4.69, 9.17) is 8.83 Å². The van der Waals surface area contributed by atoms with Crippen LogP contribution < -0.4 is 9.13 Å². The molecule has 6 aromatic rings. The second-order valence-electron chi connectivity index (χ2n) is 14.4. The van der Waals surface area contributed by atoms with Gasteiger partial charge in [-0.25, -0.2) is 9.97 Å². The molecule has 4 aromatic heterocycles. The summed E-state index contributed by atoms with van der Waals surface area (Å²) in [5.74, 6) is -5.48. The van der Waals surface area contributed by atoms with Gasteiger partial charge in [-0.05, 0) is 35.4 Å². The van der Waals surface area contributed by atoms with Gasteiger partial charge in [0.2, 0.25) is 41.8 Å². The Balaban J connectivity index is 1.36. The largest absolute Gasteiger partial charge is 0.451 e. The molecule has 332 valence electrons. The van der Waals surface area contributed by atoms with Crippen molar-refractivity contribution in [2.24, 2.45) is 0 Å². The number of carbonyl (C=O) groups excluding carboxylic acids is 2. The van der Waals surface area contributed by atoms with E-state index in [2.05, 4.69) is 9.97 Å². The van der Waals surface area contributed by atoms with Crippen molar-refractivity contribution in [1.29, 1.82) is 0 Å². The highest BCUT2D eigenvalue weighted by molar-refractivity contribution is 5.74. The molecule has 10 nitrogen and oxygen atoms in total. The van der Waals surface area contributed by atoms with Gasteiger partial charge >= 0.3 is 24.7 Å². The van der Waals surface area contributed by atoms with Crippen LogP contribution in [0, 0.1) is 0 Å². The average Bonchev–Trinajstić information content (AvgIpc) is 3.85. The van der Waals surface area contributed by atoms with Gasteiger partial charge in [0.05, 0.1) is 0 Å². The molecule has 0 spiro atoms. The maximum atomic E-state index is 15.0. The van der Waals surface area contributed by atoms with Gasteiger partial charge in [-0.1, -0.05) is 24.3 Å². The lowest BCUT2D eigenvalue weighted by molar-refractivity contribution is -0.685. The molecule has 0 radical (unpaired) electrons. The molecule has 0 N–H and O–H groups in total. The van der Waals surface area contributed by atoms with Crippen molar-refractivity contribution in [3.63, 3.8) is 0 Å². The standard InChI is InChI=1S/C41H32F12N6O4/c1-56(2)29(60)21-58-17-13-23(14-18-58)31-33(38(42,43)44)62-35(54-31)25-5-9-27(10-6-25)37(40(48,49)50,41(51,52)53)28-11-7-26(8-12-28)36-55-32(34(63-36)39(45,46)47)24-15-19-59(20-16-24)22-30(61)57(3)4/h5-20H,21-22H2,1-4H3/q+2. The molecule has 2 amide bonds. The lowest BCUT2D eigenvalue weighted by Gasteiger charge is -2.38. The van der Waals surface area contributed by atoms with E-state index in [1.165, 1.54) is 96.2 Å². The minimum atomic E-state index is -6.13. The summed E-state index contributed by atoms with van der Waals surface area (Å²) in [6.07, 6.45) is -17.4. The number of rotatable bonds is 10. The molecule has 0 saturated carbocycles. The van der Waals surface area contributed by atoms with Gasteiger partial charge in [0.15, 0.2) is 24.8 Å². The molecule has 0 bridgehead atoms. The van der Waals surface area contributed by atoms with E-state index < -0.39 is 87.1 Å². The Labute approximate surface area is 348 Å². The topological polar surface area (TPSA) is 100 Å². The van der Waals surface area contributed by atoms with Crippen molar-refractivity contribution in [2.75, 3.05) is 28.2 Å². The monoisotopic (exact) mass is 900 g/mol. The molecule has 0 saturated heterocycles. The molecule has 0 atom stereocenters. The van der Waals surface area contributed by atoms with Gasteiger partial charge in [-0.15, -0.1) is 0 Å². The molecule has 63 heavy (non-hydrogen) atoms. The molecule has 2 aromatic carbocycles. The predicted molar refractivity (Wildman–Crippen MR) is 195 cm³/mol. The highest BCUT2D eigenvalue weighted by Gasteiger charge is 2.72. The lowest BCUT2D eigenvalue weighted by atomic mass is 9.72. The summed E-state index contributed by atoms with van der Waals surface area (Å²) in [6.45, 7) is -0.303. The summed E-state index contributed by atoms with van der Waals surface area (Å²) in [5.41, 5.74) is -10.3. The van der Waals surface area contributed by atoms with Crippen LogP contribution in [0.5, 0.6) is 0 Å². The van der Waals surface area contributed by atoms with Crippen molar-refractivity contribution in [3.8, 4) is 45.4 Å². The van der Waals surface area contributed by atoms with E-state index in [1.807, 2.05) is 0 Å². The quantitative estimate of drug-likeness (QED) is 0.101. The molecule has 4 heterocycles. The van der Waals surface area contributed by atoms with Crippen LogP contribution in [0.1, 0.15) is 22.6 Å².